The molecule has 0 bridgehead atoms. The van der Waals surface area contributed by atoms with Crippen LogP contribution in [0.2, 0.25) is 0 Å². The molecule has 2 aromatic carbocycles. The maximum atomic E-state index is 11.7. The van der Waals surface area contributed by atoms with E-state index in [0.717, 1.165) is 22.3 Å². The van der Waals surface area contributed by atoms with Crippen LogP contribution in [0.5, 0.6) is 0 Å². The van der Waals surface area contributed by atoms with Crippen molar-refractivity contribution in [3.8, 4) is 11.1 Å². The molecule has 0 saturated carbocycles. The fraction of sp³-hybridized carbons (Fsp3) is 0.222. The second kappa shape index (κ2) is 7.58. The molecule has 1 aromatic heterocycles. The zero-order valence-corrected chi connectivity index (χ0v) is 14.8. The molecule has 6 nitrogen and oxygen atoms in total. The normalized spacial score (nSPS) is 11.6. The van der Waals surface area contributed by atoms with Crippen molar-refractivity contribution in [3.63, 3.8) is 0 Å². The van der Waals surface area contributed by atoms with Crippen LogP contribution in [0.15, 0.2) is 61.2 Å². The van der Waals surface area contributed by atoms with E-state index in [0.29, 0.717) is 6.54 Å². The maximum absolute atomic E-state index is 11.7. The van der Waals surface area contributed by atoms with Crippen molar-refractivity contribution < 1.29 is 8.42 Å². The molecule has 1 N–H and O–H groups in total. The van der Waals surface area contributed by atoms with Crippen LogP contribution in [0.25, 0.3) is 11.1 Å². The highest BCUT2D eigenvalue weighted by atomic mass is 32.2. The van der Waals surface area contributed by atoms with Gasteiger partial charge in [0.2, 0.25) is 10.0 Å². The third-order valence-electron chi connectivity index (χ3n) is 3.96. The largest absolute Gasteiger partial charge is 0.249 e. The quantitative estimate of drug-likeness (QED) is 0.705. The first-order chi connectivity index (χ1) is 12.1. The summed E-state index contributed by atoms with van der Waals surface area (Å²) in [5.41, 5.74) is 4.14. The summed E-state index contributed by atoms with van der Waals surface area (Å²) in [5.74, 6) is 0.0755. The monoisotopic (exact) mass is 356 g/mol. The summed E-state index contributed by atoms with van der Waals surface area (Å²) in [6.07, 6.45) is 3.20. The molecule has 0 fully saturated rings. The number of hydrogen-bond donors (Lipinski definition) is 1. The summed E-state index contributed by atoms with van der Waals surface area (Å²) in [5, 5.41) is 4.10. The summed E-state index contributed by atoms with van der Waals surface area (Å²) in [6, 6.07) is 16.0. The second-order valence-electron chi connectivity index (χ2n) is 5.67. The molecule has 7 heteroatoms. The van der Waals surface area contributed by atoms with E-state index in [-0.39, 0.29) is 12.3 Å². The first-order valence-electron chi connectivity index (χ1n) is 8.04. The molecule has 0 spiro atoms. The number of nitrogens with zero attached hydrogens (tertiary/aromatic N) is 3. The van der Waals surface area contributed by atoms with E-state index >= 15 is 0 Å². The molecular formula is C18H20N4O2S. The molecule has 0 aliphatic carbocycles. The molecule has 0 aliphatic rings. The van der Waals surface area contributed by atoms with Gasteiger partial charge in [0.25, 0.3) is 0 Å². The molecule has 0 aliphatic heterocycles. The third-order valence-corrected chi connectivity index (χ3v) is 5.30. The minimum atomic E-state index is -3.22. The van der Waals surface area contributed by atoms with E-state index in [2.05, 4.69) is 14.8 Å². The molecule has 0 amide bonds. The van der Waals surface area contributed by atoms with Gasteiger partial charge in [-0.2, -0.15) is 5.10 Å². The van der Waals surface area contributed by atoms with Crippen molar-refractivity contribution in [1.82, 2.24) is 19.5 Å². The molecule has 0 unspecified atom stereocenters. The van der Waals surface area contributed by atoms with Gasteiger partial charge in [-0.3, -0.25) is 0 Å². The van der Waals surface area contributed by atoms with Gasteiger partial charge in [0.1, 0.15) is 12.7 Å². The molecule has 0 radical (unpaired) electrons. The summed E-state index contributed by atoms with van der Waals surface area (Å²) < 4.78 is 27.8. The van der Waals surface area contributed by atoms with Crippen LogP contribution in [-0.2, 0) is 23.1 Å². The molecule has 25 heavy (non-hydrogen) atoms. The summed E-state index contributed by atoms with van der Waals surface area (Å²) in [6.45, 7) is 2.58. The molecule has 1 heterocycles. The number of rotatable bonds is 7. The molecule has 3 rings (SSSR count). The fourth-order valence-corrected chi connectivity index (χ4v) is 3.12. The Morgan fingerprint density at radius 2 is 1.84 bits per heavy atom. The highest BCUT2D eigenvalue weighted by Gasteiger charge is 2.09. The summed E-state index contributed by atoms with van der Waals surface area (Å²) in [4.78, 5) is 3.94. The molecule has 0 saturated heterocycles. The van der Waals surface area contributed by atoms with Crippen LogP contribution in [0.3, 0.4) is 0 Å². The van der Waals surface area contributed by atoms with Crippen molar-refractivity contribution in [2.24, 2.45) is 0 Å². The van der Waals surface area contributed by atoms with E-state index in [9.17, 15) is 8.42 Å². The molecular weight excluding hydrogens is 336 g/mol. The fourth-order valence-electron chi connectivity index (χ4n) is 2.54. The Balaban J connectivity index is 1.79. The lowest BCUT2D eigenvalue weighted by molar-refractivity contribution is 0.582. The second-order valence-corrected chi connectivity index (χ2v) is 7.77. The van der Waals surface area contributed by atoms with Gasteiger partial charge in [0, 0.05) is 6.54 Å². The zero-order chi connectivity index (χ0) is 17.7. The smallest absolute Gasteiger partial charge is 0.211 e. The van der Waals surface area contributed by atoms with Crippen molar-refractivity contribution in [2.75, 3.05) is 5.75 Å². The minimum Gasteiger partial charge on any atom is -0.249 e. The van der Waals surface area contributed by atoms with Crippen molar-refractivity contribution in [3.05, 3.63) is 72.3 Å². The van der Waals surface area contributed by atoms with Crippen LogP contribution in [0.1, 0.15) is 18.1 Å². The van der Waals surface area contributed by atoms with Crippen molar-refractivity contribution >= 4 is 10.0 Å². The van der Waals surface area contributed by atoms with E-state index in [1.54, 1.807) is 17.9 Å². The number of sulfonamides is 1. The van der Waals surface area contributed by atoms with Crippen molar-refractivity contribution in [2.45, 2.75) is 20.0 Å². The van der Waals surface area contributed by atoms with Crippen LogP contribution in [0.4, 0.5) is 0 Å². The number of aromatic nitrogens is 3. The van der Waals surface area contributed by atoms with Gasteiger partial charge in [-0.15, -0.1) is 0 Å². The Bertz CT molecular complexity index is 920. The Morgan fingerprint density at radius 1 is 1.08 bits per heavy atom. The lowest BCUT2D eigenvalue weighted by Gasteiger charge is -2.11. The van der Waals surface area contributed by atoms with E-state index in [1.165, 1.54) is 6.33 Å². The zero-order valence-electron chi connectivity index (χ0n) is 14.0. The van der Waals surface area contributed by atoms with Gasteiger partial charge < -0.3 is 0 Å². The number of hydrogen-bond acceptors (Lipinski definition) is 4. The Hall–Kier alpha value is -2.51. The van der Waals surface area contributed by atoms with Crippen LogP contribution in [-0.4, -0.2) is 28.9 Å². The molecule has 130 valence electrons. The van der Waals surface area contributed by atoms with Crippen LogP contribution < -0.4 is 4.72 Å². The van der Waals surface area contributed by atoms with Crippen LogP contribution in [0, 0.1) is 0 Å². The molecule has 3 aromatic rings. The van der Waals surface area contributed by atoms with Gasteiger partial charge in [0.05, 0.1) is 12.3 Å². The van der Waals surface area contributed by atoms with Gasteiger partial charge in [-0.25, -0.2) is 22.8 Å². The first kappa shape index (κ1) is 17.3. The highest BCUT2D eigenvalue weighted by Crippen LogP contribution is 2.24. The Morgan fingerprint density at radius 3 is 2.52 bits per heavy atom. The van der Waals surface area contributed by atoms with E-state index < -0.39 is 10.0 Å². The van der Waals surface area contributed by atoms with E-state index in [4.69, 9.17) is 0 Å². The first-order valence-corrected chi connectivity index (χ1v) is 9.69. The standard InChI is InChI=1S/C18H20N4O2S/c1-2-25(23,24)21-11-17-5-3-4-6-18(17)16-9-7-15(8-10-16)12-22-14-19-13-20-22/h3-10,13-14,21H,2,11-12H2,1H3. The van der Waals surface area contributed by atoms with Gasteiger partial charge in [-0.1, -0.05) is 48.5 Å². The van der Waals surface area contributed by atoms with Crippen molar-refractivity contribution in [1.29, 1.82) is 0 Å². The van der Waals surface area contributed by atoms with Gasteiger partial charge in [-0.05, 0) is 29.2 Å². The lowest BCUT2D eigenvalue weighted by Crippen LogP contribution is -2.24. The summed E-state index contributed by atoms with van der Waals surface area (Å²) >= 11 is 0. The Labute approximate surface area is 147 Å². The topological polar surface area (TPSA) is 76.9 Å². The number of benzene rings is 2. The third kappa shape index (κ3) is 4.52. The lowest BCUT2D eigenvalue weighted by atomic mass is 9.99. The van der Waals surface area contributed by atoms with Gasteiger partial charge >= 0.3 is 0 Å². The van der Waals surface area contributed by atoms with Crippen LogP contribution >= 0.6 is 0 Å². The predicted molar refractivity (Wildman–Crippen MR) is 97.3 cm³/mol. The van der Waals surface area contributed by atoms with Gasteiger partial charge in [0.15, 0.2) is 0 Å². The predicted octanol–water partition coefficient (Wildman–Crippen LogP) is 2.43. The SMILES string of the molecule is CCS(=O)(=O)NCc1ccccc1-c1ccc(Cn2cncn2)cc1. The average molecular weight is 356 g/mol. The highest BCUT2D eigenvalue weighted by molar-refractivity contribution is 7.89. The average Bonchev–Trinajstić information content (AvgIpc) is 3.14. The maximum Gasteiger partial charge on any atom is 0.211 e. The molecule has 0 atom stereocenters. The minimum absolute atomic E-state index is 0.0755. The Kier molecular flexibility index (Phi) is 5.25. The number of nitrogens with one attached hydrogen (secondary N) is 1. The summed E-state index contributed by atoms with van der Waals surface area (Å²) in [7, 11) is -3.22. The van der Waals surface area contributed by atoms with E-state index in [1.807, 2.05) is 48.5 Å².